The molecule has 3 aromatic carbocycles. The van der Waals surface area contributed by atoms with Gasteiger partial charge < -0.3 is 10.2 Å². The van der Waals surface area contributed by atoms with Crippen molar-refractivity contribution in [3.8, 4) is 0 Å². The van der Waals surface area contributed by atoms with Gasteiger partial charge in [-0.05, 0) is 53.1 Å². The average Bonchev–Trinajstić information content (AvgIpc) is 2.87. The molecular weight excluding hydrogens is 428 g/mol. The van der Waals surface area contributed by atoms with Gasteiger partial charge >= 0.3 is 0 Å². The molecule has 34 heavy (non-hydrogen) atoms. The second-order valence-electron chi connectivity index (χ2n) is 7.91. The van der Waals surface area contributed by atoms with Gasteiger partial charge in [-0.2, -0.15) is 0 Å². The van der Waals surface area contributed by atoms with Crippen molar-refractivity contribution >= 4 is 34.1 Å². The van der Waals surface area contributed by atoms with E-state index in [1.807, 2.05) is 49.4 Å². The molecule has 0 spiro atoms. The van der Waals surface area contributed by atoms with E-state index in [0.717, 1.165) is 21.9 Å². The fourth-order valence-electron chi connectivity index (χ4n) is 3.76. The van der Waals surface area contributed by atoms with Crippen LogP contribution in [0.15, 0.2) is 79.1 Å². The van der Waals surface area contributed by atoms with Crippen LogP contribution in [0.5, 0.6) is 0 Å². The number of nitrogens with one attached hydrogen (secondary N) is 1. The van der Waals surface area contributed by atoms with Crippen molar-refractivity contribution < 1.29 is 14.4 Å². The van der Waals surface area contributed by atoms with Crippen molar-refractivity contribution in [3.05, 3.63) is 102 Å². The molecule has 0 radical (unpaired) electrons. The molecule has 7 heteroatoms. The molecule has 0 aliphatic rings. The molecule has 1 heterocycles. The second-order valence-corrected chi connectivity index (χ2v) is 7.91. The number of rotatable bonds is 7. The summed E-state index contributed by atoms with van der Waals surface area (Å²) in [6.07, 6.45) is 2.54. The molecule has 0 saturated heterocycles. The number of amides is 2. The predicted octanol–water partition coefficient (Wildman–Crippen LogP) is 4.10. The van der Waals surface area contributed by atoms with Gasteiger partial charge in [-0.15, -0.1) is 0 Å². The Balaban J connectivity index is 1.70. The van der Waals surface area contributed by atoms with Gasteiger partial charge in [0.15, 0.2) is 5.82 Å². The number of benzene rings is 3. The molecule has 170 valence electrons. The van der Waals surface area contributed by atoms with Gasteiger partial charge in [0.2, 0.25) is 11.7 Å². The minimum Gasteiger partial charge on any atom is -0.355 e. The molecule has 0 aliphatic carbocycles. The Morgan fingerprint density at radius 1 is 0.882 bits per heavy atom. The van der Waals surface area contributed by atoms with Crippen molar-refractivity contribution in [3.63, 3.8) is 0 Å². The van der Waals surface area contributed by atoms with Crippen LogP contribution < -0.4 is 10.2 Å². The Morgan fingerprint density at radius 2 is 1.62 bits per heavy atom. The SMILES string of the molecule is CNC(=O)c1cc(N(Cc2ccc3ccccc3c2)C(=O)CC(=O)c2ncccn2)ccc1C. The fraction of sp³-hybridized carbons (Fsp3) is 0.148. The van der Waals surface area contributed by atoms with Gasteiger partial charge in [-0.3, -0.25) is 14.4 Å². The molecule has 4 aromatic rings. The molecule has 0 bridgehead atoms. The lowest BCUT2D eigenvalue weighted by Crippen LogP contribution is -2.32. The van der Waals surface area contributed by atoms with E-state index in [1.165, 1.54) is 17.3 Å². The third-order valence-electron chi connectivity index (χ3n) is 5.59. The lowest BCUT2D eigenvalue weighted by Gasteiger charge is -2.24. The monoisotopic (exact) mass is 452 g/mol. The molecule has 1 N–H and O–H groups in total. The number of aryl methyl sites for hydroxylation is 1. The Hall–Kier alpha value is -4.39. The normalized spacial score (nSPS) is 10.6. The Kier molecular flexibility index (Phi) is 6.73. The maximum Gasteiger partial charge on any atom is 0.251 e. The van der Waals surface area contributed by atoms with Gasteiger partial charge in [0.05, 0.1) is 13.0 Å². The summed E-state index contributed by atoms with van der Waals surface area (Å²) in [5, 5.41) is 4.78. The van der Waals surface area contributed by atoms with Gasteiger partial charge in [0, 0.05) is 30.7 Å². The van der Waals surface area contributed by atoms with Crippen molar-refractivity contribution in [2.45, 2.75) is 19.9 Å². The largest absolute Gasteiger partial charge is 0.355 e. The Bertz CT molecular complexity index is 1370. The van der Waals surface area contributed by atoms with Gasteiger partial charge in [0.1, 0.15) is 0 Å². The van der Waals surface area contributed by atoms with Crippen LogP contribution >= 0.6 is 0 Å². The summed E-state index contributed by atoms with van der Waals surface area (Å²) in [5.74, 6) is -1.12. The predicted molar refractivity (Wildman–Crippen MR) is 131 cm³/mol. The van der Waals surface area contributed by atoms with Crippen LogP contribution in [-0.4, -0.2) is 34.6 Å². The summed E-state index contributed by atoms with van der Waals surface area (Å²) in [6, 6.07) is 20.8. The first kappa shape index (κ1) is 22.8. The highest BCUT2D eigenvalue weighted by atomic mass is 16.2. The zero-order valence-corrected chi connectivity index (χ0v) is 19.0. The zero-order chi connectivity index (χ0) is 24.1. The molecule has 4 rings (SSSR count). The lowest BCUT2D eigenvalue weighted by atomic mass is 10.0. The van der Waals surface area contributed by atoms with E-state index in [9.17, 15) is 14.4 Å². The van der Waals surface area contributed by atoms with Crippen LogP contribution in [0.3, 0.4) is 0 Å². The average molecular weight is 453 g/mol. The number of carbonyl (C=O) groups excluding carboxylic acids is 3. The Morgan fingerprint density at radius 3 is 2.35 bits per heavy atom. The van der Waals surface area contributed by atoms with E-state index in [1.54, 1.807) is 31.3 Å². The fourth-order valence-corrected chi connectivity index (χ4v) is 3.76. The van der Waals surface area contributed by atoms with Crippen molar-refractivity contribution in [2.75, 3.05) is 11.9 Å². The number of hydrogen-bond donors (Lipinski definition) is 1. The van der Waals surface area contributed by atoms with Crippen LogP contribution in [0.1, 0.15) is 38.5 Å². The van der Waals surface area contributed by atoms with E-state index in [0.29, 0.717) is 11.3 Å². The van der Waals surface area contributed by atoms with E-state index in [4.69, 9.17) is 0 Å². The van der Waals surface area contributed by atoms with E-state index in [-0.39, 0.29) is 24.7 Å². The van der Waals surface area contributed by atoms with Crippen LogP contribution in [-0.2, 0) is 11.3 Å². The quantitative estimate of drug-likeness (QED) is 0.337. The van der Waals surface area contributed by atoms with Crippen molar-refractivity contribution in [1.82, 2.24) is 15.3 Å². The Labute approximate surface area is 197 Å². The van der Waals surface area contributed by atoms with Gasteiger partial charge in [-0.1, -0.05) is 42.5 Å². The summed E-state index contributed by atoms with van der Waals surface area (Å²) in [4.78, 5) is 47.8. The zero-order valence-electron chi connectivity index (χ0n) is 19.0. The summed E-state index contributed by atoms with van der Waals surface area (Å²) in [6.45, 7) is 2.07. The summed E-state index contributed by atoms with van der Waals surface area (Å²) >= 11 is 0. The number of nitrogens with zero attached hydrogens (tertiary/aromatic N) is 3. The third-order valence-corrected chi connectivity index (χ3v) is 5.59. The molecule has 0 atom stereocenters. The van der Waals surface area contributed by atoms with Crippen molar-refractivity contribution in [2.24, 2.45) is 0 Å². The van der Waals surface area contributed by atoms with E-state index in [2.05, 4.69) is 15.3 Å². The van der Waals surface area contributed by atoms with Gasteiger partial charge in [-0.25, -0.2) is 9.97 Å². The number of Topliss-reactive ketones (excluding diaryl/α,β-unsaturated/α-hetero) is 1. The first-order chi connectivity index (χ1) is 16.5. The summed E-state index contributed by atoms with van der Waals surface area (Å²) in [5.41, 5.74) is 2.69. The minimum atomic E-state index is -0.465. The molecule has 0 saturated carbocycles. The minimum absolute atomic E-state index is 0.00328. The highest BCUT2D eigenvalue weighted by molar-refractivity contribution is 6.10. The molecule has 0 aliphatic heterocycles. The number of carbonyl (C=O) groups is 3. The molecule has 7 nitrogen and oxygen atoms in total. The summed E-state index contributed by atoms with van der Waals surface area (Å²) < 4.78 is 0. The van der Waals surface area contributed by atoms with Crippen LogP contribution in [0.4, 0.5) is 5.69 Å². The van der Waals surface area contributed by atoms with Gasteiger partial charge in [0.25, 0.3) is 5.91 Å². The van der Waals surface area contributed by atoms with E-state index < -0.39 is 11.7 Å². The molecule has 2 amide bonds. The number of aromatic nitrogens is 2. The lowest BCUT2D eigenvalue weighted by molar-refractivity contribution is -0.117. The van der Waals surface area contributed by atoms with Crippen LogP contribution in [0.2, 0.25) is 0 Å². The summed E-state index contributed by atoms with van der Waals surface area (Å²) in [7, 11) is 1.56. The topological polar surface area (TPSA) is 92.3 Å². The van der Waals surface area contributed by atoms with Crippen LogP contribution in [0, 0.1) is 6.92 Å². The smallest absolute Gasteiger partial charge is 0.251 e. The highest BCUT2D eigenvalue weighted by Crippen LogP contribution is 2.24. The van der Waals surface area contributed by atoms with Crippen LogP contribution in [0.25, 0.3) is 10.8 Å². The maximum atomic E-state index is 13.4. The number of anilines is 1. The standard InChI is InChI=1S/C27H24N4O3/c1-18-8-11-22(15-23(18)27(34)28-2)31(25(33)16-24(32)26-29-12-5-13-30-26)17-19-9-10-20-6-3-4-7-21(20)14-19/h3-15H,16-17H2,1-2H3,(H,28,34). The second kappa shape index (κ2) is 10.0. The molecule has 0 fully saturated rings. The highest BCUT2D eigenvalue weighted by Gasteiger charge is 2.23. The number of fused-ring (bicyclic) bond motifs is 1. The number of ketones is 1. The maximum absolute atomic E-state index is 13.4. The first-order valence-electron chi connectivity index (χ1n) is 10.9. The molecule has 1 aromatic heterocycles. The number of hydrogen-bond acceptors (Lipinski definition) is 5. The third kappa shape index (κ3) is 4.99. The molecule has 0 unspecified atom stereocenters. The van der Waals surface area contributed by atoms with E-state index >= 15 is 0 Å². The molecular formula is C27H24N4O3. The van der Waals surface area contributed by atoms with Crippen molar-refractivity contribution in [1.29, 1.82) is 0 Å². The first-order valence-corrected chi connectivity index (χ1v) is 10.9.